The predicted octanol–water partition coefficient (Wildman–Crippen LogP) is 1.89. The minimum absolute atomic E-state index is 0.440. The van der Waals surface area contributed by atoms with Gasteiger partial charge in [-0.3, -0.25) is 0 Å². The number of esters is 1. The lowest BCUT2D eigenvalue weighted by Gasteiger charge is -2.02. The molecule has 1 radical (unpaired) electrons. The fraction of sp³-hybridized carbons (Fsp3) is 0.100. The molecule has 12 heavy (non-hydrogen) atoms. The quantitative estimate of drug-likeness (QED) is 0.376. The molecule has 0 aromatic heterocycles. The molecule has 0 amide bonds. The van der Waals surface area contributed by atoms with Crippen LogP contribution >= 0.6 is 0 Å². The van der Waals surface area contributed by atoms with Gasteiger partial charge < -0.3 is 4.74 Å². The van der Waals surface area contributed by atoms with Crippen LogP contribution in [-0.2, 0) is 4.79 Å². The largest absolute Gasteiger partial charge is 0.423 e. The molecule has 0 aliphatic rings. The third-order valence-electron chi connectivity index (χ3n) is 1.40. The number of benzene rings is 1. The standard InChI is InChI=1S/C10H9O2/c1-3-10(11)12-9-7-5-4-6-8(9)2/h3,5-7H,1H2,2H3. The summed E-state index contributed by atoms with van der Waals surface area (Å²) in [5.41, 5.74) is 0.882. The van der Waals surface area contributed by atoms with Gasteiger partial charge in [0.05, 0.1) is 0 Å². The molecule has 1 aromatic rings. The van der Waals surface area contributed by atoms with Gasteiger partial charge in [0.25, 0.3) is 0 Å². The van der Waals surface area contributed by atoms with Crippen LogP contribution in [-0.4, -0.2) is 5.97 Å². The SMILES string of the molecule is C=CC(=O)Oc1cc[c]cc1C. The van der Waals surface area contributed by atoms with Crippen molar-refractivity contribution < 1.29 is 9.53 Å². The van der Waals surface area contributed by atoms with Crippen molar-refractivity contribution in [1.29, 1.82) is 0 Å². The monoisotopic (exact) mass is 161 g/mol. The molecule has 1 rings (SSSR count). The summed E-state index contributed by atoms with van der Waals surface area (Å²) in [7, 11) is 0. The number of hydrogen-bond acceptors (Lipinski definition) is 2. The first kappa shape index (κ1) is 8.53. The number of ether oxygens (including phenoxy) is 1. The topological polar surface area (TPSA) is 26.3 Å². The molecule has 0 saturated carbocycles. The molecule has 2 heteroatoms. The second kappa shape index (κ2) is 3.72. The fourth-order valence-electron chi connectivity index (χ4n) is 0.764. The van der Waals surface area contributed by atoms with Crippen LogP contribution in [0.4, 0.5) is 0 Å². The van der Waals surface area contributed by atoms with Crippen molar-refractivity contribution in [3.63, 3.8) is 0 Å². The average molecular weight is 161 g/mol. The second-order valence-electron chi connectivity index (χ2n) is 2.32. The smallest absolute Gasteiger partial charge is 0.335 e. The minimum atomic E-state index is -0.440. The highest BCUT2D eigenvalue weighted by Crippen LogP contribution is 2.15. The third kappa shape index (κ3) is 1.95. The van der Waals surface area contributed by atoms with E-state index in [9.17, 15) is 4.79 Å². The lowest BCUT2D eigenvalue weighted by atomic mass is 10.2. The van der Waals surface area contributed by atoms with E-state index in [-0.39, 0.29) is 0 Å². The molecule has 0 bridgehead atoms. The highest BCUT2D eigenvalue weighted by molar-refractivity contribution is 5.83. The van der Waals surface area contributed by atoms with Gasteiger partial charge in [-0.15, -0.1) is 0 Å². The van der Waals surface area contributed by atoms with Crippen molar-refractivity contribution in [3.05, 3.63) is 42.5 Å². The Kier molecular flexibility index (Phi) is 2.64. The first-order valence-electron chi connectivity index (χ1n) is 3.55. The van der Waals surface area contributed by atoms with Crippen LogP contribution in [0.3, 0.4) is 0 Å². The summed E-state index contributed by atoms with van der Waals surface area (Å²) in [5, 5.41) is 0. The Hall–Kier alpha value is -1.57. The maximum Gasteiger partial charge on any atom is 0.335 e. The van der Waals surface area contributed by atoms with Crippen molar-refractivity contribution in [2.24, 2.45) is 0 Å². The molecule has 61 valence electrons. The average Bonchev–Trinajstić information content (AvgIpc) is 2.09. The fourth-order valence-corrected chi connectivity index (χ4v) is 0.764. The molecule has 1 aromatic carbocycles. The summed E-state index contributed by atoms with van der Waals surface area (Å²) >= 11 is 0. The summed E-state index contributed by atoms with van der Waals surface area (Å²) in [6, 6.07) is 8.02. The van der Waals surface area contributed by atoms with Crippen LogP contribution in [0.15, 0.2) is 30.9 Å². The molecule has 0 fully saturated rings. The Morgan fingerprint density at radius 1 is 1.75 bits per heavy atom. The second-order valence-corrected chi connectivity index (χ2v) is 2.32. The Bertz CT molecular complexity index is 302. The lowest BCUT2D eigenvalue weighted by molar-refractivity contribution is -0.129. The van der Waals surface area contributed by atoms with E-state index in [0.717, 1.165) is 11.6 Å². The maximum atomic E-state index is 10.8. The zero-order chi connectivity index (χ0) is 8.97. The van der Waals surface area contributed by atoms with Crippen molar-refractivity contribution in [3.8, 4) is 5.75 Å². The van der Waals surface area contributed by atoms with Crippen LogP contribution in [0.25, 0.3) is 0 Å². The summed E-state index contributed by atoms with van der Waals surface area (Å²) in [4.78, 5) is 10.8. The van der Waals surface area contributed by atoms with Crippen LogP contribution in [0.1, 0.15) is 5.56 Å². The van der Waals surface area contributed by atoms with Crippen molar-refractivity contribution in [2.45, 2.75) is 6.92 Å². The molecule has 0 N–H and O–H groups in total. The van der Waals surface area contributed by atoms with E-state index >= 15 is 0 Å². The lowest BCUT2D eigenvalue weighted by Crippen LogP contribution is -2.03. The Morgan fingerprint density at radius 2 is 2.50 bits per heavy atom. The molecule has 2 nitrogen and oxygen atoms in total. The van der Waals surface area contributed by atoms with Gasteiger partial charge in [0, 0.05) is 6.08 Å². The van der Waals surface area contributed by atoms with Gasteiger partial charge in [-0.1, -0.05) is 12.6 Å². The number of aryl methyl sites for hydroxylation is 1. The van der Waals surface area contributed by atoms with E-state index in [1.54, 1.807) is 18.2 Å². The van der Waals surface area contributed by atoms with Gasteiger partial charge in [-0.2, -0.15) is 0 Å². The first-order valence-corrected chi connectivity index (χ1v) is 3.55. The van der Waals surface area contributed by atoms with E-state index in [1.807, 2.05) is 6.92 Å². The van der Waals surface area contributed by atoms with Gasteiger partial charge >= 0.3 is 5.97 Å². The van der Waals surface area contributed by atoms with Gasteiger partial charge in [-0.25, -0.2) is 4.79 Å². The first-order chi connectivity index (χ1) is 5.74. The predicted molar refractivity (Wildman–Crippen MR) is 45.8 cm³/mol. The van der Waals surface area contributed by atoms with Crippen LogP contribution < -0.4 is 4.74 Å². The summed E-state index contributed by atoms with van der Waals surface area (Å²) in [5.74, 6) is 0.114. The van der Waals surface area contributed by atoms with E-state index in [1.165, 1.54) is 0 Å². The highest BCUT2D eigenvalue weighted by Gasteiger charge is 2.00. The number of carbonyl (C=O) groups excluding carboxylic acids is 1. The van der Waals surface area contributed by atoms with E-state index in [4.69, 9.17) is 4.74 Å². The van der Waals surface area contributed by atoms with Gasteiger partial charge in [-0.05, 0) is 30.7 Å². The maximum absolute atomic E-state index is 10.8. The molecule has 0 aliphatic heterocycles. The molecule has 0 aliphatic carbocycles. The van der Waals surface area contributed by atoms with Crippen molar-refractivity contribution in [1.82, 2.24) is 0 Å². The molecule has 0 unspecified atom stereocenters. The molecule has 0 atom stereocenters. The van der Waals surface area contributed by atoms with E-state index < -0.39 is 5.97 Å². The molecular weight excluding hydrogens is 152 g/mol. The zero-order valence-electron chi connectivity index (χ0n) is 6.83. The Balaban J connectivity index is 2.82. The van der Waals surface area contributed by atoms with Crippen LogP contribution in [0.5, 0.6) is 5.75 Å². The molecular formula is C10H9O2. The minimum Gasteiger partial charge on any atom is -0.423 e. The molecule has 0 spiro atoms. The van der Waals surface area contributed by atoms with Crippen LogP contribution in [0, 0.1) is 13.0 Å². The summed E-state index contributed by atoms with van der Waals surface area (Å²) in [6.07, 6.45) is 1.14. The van der Waals surface area contributed by atoms with Gasteiger partial charge in [0.15, 0.2) is 0 Å². The third-order valence-corrected chi connectivity index (χ3v) is 1.40. The number of carbonyl (C=O) groups is 1. The number of hydrogen-bond donors (Lipinski definition) is 0. The van der Waals surface area contributed by atoms with Gasteiger partial charge in [0.1, 0.15) is 5.75 Å². The normalized spacial score (nSPS) is 9.08. The Labute approximate surface area is 71.5 Å². The summed E-state index contributed by atoms with van der Waals surface area (Å²) in [6.45, 7) is 5.15. The van der Waals surface area contributed by atoms with E-state index in [0.29, 0.717) is 5.75 Å². The van der Waals surface area contributed by atoms with Crippen molar-refractivity contribution in [2.75, 3.05) is 0 Å². The van der Waals surface area contributed by atoms with Crippen LogP contribution in [0.2, 0.25) is 0 Å². The number of rotatable bonds is 2. The highest BCUT2D eigenvalue weighted by atomic mass is 16.5. The van der Waals surface area contributed by atoms with Gasteiger partial charge in [0.2, 0.25) is 0 Å². The Morgan fingerprint density at radius 3 is 3.08 bits per heavy atom. The van der Waals surface area contributed by atoms with E-state index in [2.05, 4.69) is 12.6 Å². The molecule has 0 saturated heterocycles. The summed E-state index contributed by atoms with van der Waals surface area (Å²) < 4.78 is 4.92. The van der Waals surface area contributed by atoms with Crippen molar-refractivity contribution >= 4 is 5.97 Å². The molecule has 0 heterocycles. The zero-order valence-corrected chi connectivity index (χ0v) is 6.83.